The van der Waals surface area contributed by atoms with Crippen molar-refractivity contribution in [1.82, 2.24) is 4.98 Å². The highest BCUT2D eigenvalue weighted by molar-refractivity contribution is 5.99. The molecule has 2 aromatic rings. The number of carbonyl (C=O) groups excluding carboxylic acids is 1. The Morgan fingerprint density at radius 2 is 1.96 bits per heavy atom. The van der Waals surface area contributed by atoms with Crippen molar-refractivity contribution in [2.45, 2.75) is 57.3 Å². The summed E-state index contributed by atoms with van der Waals surface area (Å²) in [6, 6.07) is 10.2. The van der Waals surface area contributed by atoms with Gasteiger partial charge in [-0.15, -0.1) is 0 Å². The Labute approximate surface area is 160 Å². The average molecular weight is 370 g/mol. The number of rotatable bonds is 7. The maximum absolute atomic E-state index is 14.5. The molecular weight excluding hydrogens is 343 g/mol. The van der Waals surface area contributed by atoms with Crippen LogP contribution < -0.4 is 10.1 Å². The summed E-state index contributed by atoms with van der Waals surface area (Å²) in [5, 5.41) is 2.95. The number of pyridine rings is 1. The number of hydrogen-bond donors (Lipinski definition) is 1. The van der Waals surface area contributed by atoms with Gasteiger partial charge >= 0.3 is 0 Å². The number of carbonyl (C=O) groups is 1. The zero-order valence-corrected chi connectivity index (χ0v) is 15.8. The third-order valence-electron chi connectivity index (χ3n) is 5.27. The summed E-state index contributed by atoms with van der Waals surface area (Å²) in [6.45, 7) is 2.73. The van der Waals surface area contributed by atoms with Crippen LogP contribution in [0.25, 0.3) is 0 Å². The number of hydrogen-bond acceptors (Lipinski definition) is 3. The molecule has 1 fully saturated rings. The molecule has 5 heteroatoms. The molecule has 0 aliphatic heterocycles. The molecule has 144 valence electrons. The molecular formula is C22H27FN2O2. The first-order valence-electron chi connectivity index (χ1n) is 9.81. The molecule has 1 N–H and O–H groups in total. The number of halogens is 1. The summed E-state index contributed by atoms with van der Waals surface area (Å²) in [7, 11) is 0. The first-order chi connectivity index (χ1) is 13.2. The lowest BCUT2D eigenvalue weighted by Crippen LogP contribution is -2.42. The quantitative estimate of drug-likeness (QED) is 0.678. The molecule has 1 aliphatic carbocycles. The molecule has 0 radical (unpaired) electrons. The molecule has 1 saturated carbocycles. The second kappa shape index (κ2) is 8.98. The van der Waals surface area contributed by atoms with Crippen molar-refractivity contribution in [2.75, 3.05) is 11.9 Å². The number of anilines is 1. The minimum Gasteiger partial charge on any atom is -0.478 e. The zero-order valence-electron chi connectivity index (χ0n) is 15.8. The van der Waals surface area contributed by atoms with E-state index in [4.69, 9.17) is 4.74 Å². The van der Waals surface area contributed by atoms with E-state index >= 15 is 0 Å². The van der Waals surface area contributed by atoms with Crippen LogP contribution in [0, 0.1) is 5.82 Å². The predicted molar refractivity (Wildman–Crippen MR) is 104 cm³/mol. The second-order valence-electron chi connectivity index (χ2n) is 7.16. The standard InChI is InChI=1S/C22H27FN2O2/c1-2-3-15-27-20-12-11-17(16-24-20)25-21(26)22(13-7-4-8-14-22)18-9-5-6-10-19(18)23/h5-6,9-12,16H,2-4,7-8,13-15H2,1H3,(H,25,26). The molecule has 27 heavy (non-hydrogen) atoms. The molecule has 0 saturated heterocycles. The number of ether oxygens (including phenoxy) is 1. The molecule has 0 atom stereocenters. The first-order valence-corrected chi connectivity index (χ1v) is 9.81. The van der Waals surface area contributed by atoms with E-state index in [0.717, 1.165) is 32.1 Å². The fourth-order valence-electron chi connectivity index (χ4n) is 3.73. The van der Waals surface area contributed by atoms with Gasteiger partial charge in [0.05, 0.1) is 23.9 Å². The van der Waals surface area contributed by atoms with Crippen LogP contribution in [-0.2, 0) is 10.2 Å². The van der Waals surface area contributed by atoms with E-state index < -0.39 is 5.41 Å². The molecule has 1 aromatic heterocycles. The van der Waals surface area contributed by atoms with Gasteiger partial charge in [0.25, 0.3) is 0 Å². The Morgan fingerprint density at radius 3 is 2.63 bits per heavy atom. The predicted octanol–water partition coefficient (Wildman–Crippen LogP) is 5.24. The number of aromatic nitrogens is 1. The summed E-state index contributed by atoms with van der Waals surface area (Å²) in [5.41, 5.74) is 0.277. The second-order valence-corrected chi connectivity index (χ2v) is 7.16. The normalized spacial score (nSPS) is 15.9. The highest BCUT2D eigenvalue weighted by Crippen LogP contribution is 2.41. The molecule has 0 unspecified atom stereocenters. The summed E-state index contributed by atoms with van der Waals surface area (Å²) in [4.78, 5) is 17.5. The fraction of sp³-hybridized carbons (Fsp3) is 0.455. The maximum atomic E-state index is 14.5. The van der Waals surface area contributed by atoms with Crippen LogP contribution in [0.3, 0.4) is 0 Å². The van der Waals surface area contributed by atoms with Crippen LogP contribution in [0.2, 0.25) is 0 Å². The molecule has 0 bridgehead atoms. The van der Waals surface area contributed by atoms with E-state index in [9.17, 15) is 9.18 Å². The van der Waals surface area contributed by atoms with Gasteiger partial charge in [-0.05, 0) is 31.4 Å². The van der Waals surface area contributed by atoms with Gasteiger partial charge < -0.3 is 10.1 Å². The van der Waals surface area contributed by atoms with Crippen LogP contribution in [0.4, 0.5) is 10.1 Å². The fourth-order valence-corrected chi connectivity index (χ4v) is 3.73. The van der Waals surface area contributed by atoms with E-state index in [1.807, 2.05) is 0 Å². The van der Waals surface area contributed by atoms with Gasteiger partial charge in [-0.2, -0.15) is 0 Å². The third kappa shape index (κ3) is 4.46. The van der Waals surface area contributed by atoms with Crippen molar-refractivity contribution < 1.29 is 13.9 Å². The van der Waals surface area contributed by atoms with E-state index in [1.165, 1.54) is 6.07 Å². The van der Waals surface area contributed by atoms with Gasteiger partial charge in [0, 0.05) is 11.6 Å². The van der Waals surface area contributed by atoms with Crippen LogP contribution >= 0.6 is 0 Å². The van der Waals surface area contributed by atoms with Gasteiger partial charge in [0.1, 0.15) is 5.82 Å². The van der Waals surface area contributed by atoms with Gasteiger partial charge in [-0.1, -0.05) is 50.8 Å². The molecule has 1 aromatic carbocycles. The van der Waals surface area contributed by atoms with Crippen molar-refractivity contribution in [3.05, 3.63) is 54.0 Å². The topological polar surface area (TPSA) is 51.2 Å². The van der Waals surface area contributed by atoms with Gasteiger partial charge in [0.15, 0.2) is 0 Å². The van der Waals surface area contributed by atoms with Crippen molar-refractivity contribution in [2.24, 2.45) is 0 Å². The maximum Gasteiger partial charge on any atom is 0.235 e. The molecule has 1 amide bonds. The molecule has 4 nitrogen and oxygen atoms in total. The van der Waals surface area contributed by atoms with Crippen molar-refractivity contribution in [3.8, 4) is 5.88 Å². The first kappa shape index (κ1) is 19.3. The summed E-state index contributed by atoms with van der Waals surface area (Å²) >= 11 is 0. The highest BCUT2D eigenvalue weighted by atomic mass is 19.1. The molecule has 1 aliphatic rings. The SMILES string of the molecule is CCCCOc1ccc(NC(=O)C2(c3ccccc3F)CCCCC2)cn1. The highest BCUT2D eigenvalue weighted by Gasteiger charge is 2.42. The number of nitrogens with zero attached hydrogens (tertiary/aromatic N) is 1. The smallest absolute Gasteiger partial charge is 0.235 e. The van der Waals surface area contributed by atoms with Gasteiger partial charge in [-0.25, -0.2) is 9.37 Å². The Balaban J connectivity index is 1.76. The number of unbranched alkanes of at least 4 members (excludes halogenated alkanes) is 1. The number of benzene rings is 1. The Hall–Kier alpha value is -2.43. The van der Waals surface area contributed by atoms with Crippen LogP contribution in [-0.4, -0.2) is 17.5 Å². The summed E-state index contributed by atoms with van der Waals surface area (Å²) < 4.78 is 20.1. The molecule has 3 rings (SSSR count). The van der Waals surface area contributed by atoms with E-state index in [1.54, 1.807) is 36.5 Å². The zero-order chi connectivity index (χ0) is 19.1. The van der Waals surface area contributed by atoms with Crippen molar-refractivity contribution in [3.63, 3.8) is 0 Å². The molecule has 0 spiro atoms. The Bertz CT molecular complexity index is 755. The van der Waals surface area contributed by atoms with Gasteiger partial charge in [-0.3, -0.25) is 4.79 Å². The monoisotopic (exact) mass is 370 g/mol. The number of amides is 1. The summed E-state index contributed by atoms with van der Waals surface area (Å²) in [6.07, 6.45) is 7.87. The van der Waals surface area contributed by atoms with Crippen LogP contribution in [0.1, 0.15) is 57.4 Å². The lowest BCUT2D eigenvalue weighted by molar-refractivity contribution is -0.122. The van der Waals surface area contributed by atoms with Crippen LogP contribution in [0.15, 0.2) is 42.6 Å². The van der Waals surface area contributed by atoms with Crippen LogP contribution in [0.5, 0.6) is 5.88 Å². The average Bonchev–Trinajstić information content (AvgIpc) is 2.70. The van der Waals surface area contributed by atoms with Crippen molar-refractivity contribution >= 4 is 11.6 Å². The minimum absolute atomic E-state index is 0.159. The summed E-state index contributed by atoms with van der Waals surface area (Å²) in [5.74, 6) is 0.0732. The molecule has 1 heterocycles. The lowest BCUT2D eigenvalue weighted by Gasteiger charge is -2.36. The van der Waals surface area contributed by atoms with E-state index in [0.29, 0.717) is 36.6 Å². The van der Waals surface area contributed by atoms with E-state index in [2.05, 4.69) is 17.2 Å². The lowest BCUT2D eigenvalue weighted by atomic mass is 9.68. The van der Waals surface area contributed by atoms with E-state index in [-0.39, 0.29) is 11.7 Å². The third-order valence-corrected chi connectivity index (χ3v) is 5.27. The number of nitrogens with one attached hydrogen (secondary N) is 1. The Morgan fingerprint density at radius 1 is 1.19 bits per heavy atom. The van der Waals surface area contributed by atoms with Gasteiger partial charge in [0.2, 0.25) is 11.8 Å². The largest absolute Gasteiger partial charge is 0.478 e. The minimum atomic E-state index is -0.820. The van der Waals surface area contributed by atoms with Crippen molar-refractivity contribution in [1.29, 1.82) is 0 Å². The Kier molecular flexibility index (Phi) is 6.43.